The lowest BCUT2D eigenvalue weighted by atomic mass is 10.1. The third kappa shape index (κ3) is 3.85. The largest absolute Gasteiger partial charge is 0.478 e. The van der Waals surface area contributed by atoms with Crippen molar-refractivity contribution < 1.29 is 23.9 Å². The first-order valence-corrected chi connectivity index (χ1v) is 8.24. The van der Waals surface area contributed by atoms with Crippen molar-refractivity contribution in [3.05, 3.63) is 71.2 Å². The smallest absolute Gasteiger partial charge is 0.335 e. The highest BCUT2D eigenvalue weighted by molar-refractivity contribution is 7.80. The van der Waals surface area contributed by atoms with Crippen LogP contribution in [0.4, 0.5) is 5.69 Å². The quantitative estimate of drug-likeness (QED) is 0.479. The number of hydrogen-bond acceptors (Lipinski definition) is 5. The molecule has 7 nitrogen and oxygen atoms in total. The number of nitrogens with one attached hydrogen (secondary N) is 1. The van der Waals surface area contributed by atoms with Gasteiger partial charge in [0, 0.05) is 0 Å². The Morgan fingerprint density at radius 3 is 2.70 bits per heavy atom. The molecule has 2 N–H and O–H groups in total. The molecule has 1 aromatic heterocycles. The monoisotopic (exact) mass is 382 g/mol. The number of hydrogen-bond donors (Lipinski definition) is 2. The minimum absolute atomic E-state index is 0.000532. The lowest BCUT2D eigenvalue weighted by Crippen LogP contribution is -2.54. The first kappa shape index (κ1) is 18.3. The molecule has 1 aliphatic heterocycles. The number of nitrogens with zero attached hydrogens (tertiary/aromatic N) is 1. The van der Waals surface area contributed by atoms with E-state index in [0.29, 0.717) is 11.3 Å². The van der Waals surface area contributed by atoms with Gasteiger partial charge in [-0.05, 0) is 67.2 Å². The molecule has 3 rings (SSSR count). The second-order valence-electron chi connectivity index (χ2n) is 5.72. The summed E-state index contributed by atoms with van der Waals surface area (Å²) in [5.41, 5.74) is 0.753. The summed E-state index contributed by atoms with van der Waals surface area (Å²) in [6.07, 6.45) is 4.62. The normalized spacial score (nSPS) is 16.6. The number of amides is 2. The highest BCUT2D eigenvalue weighted by atomic mass is 32.1. The molecule has 0 atom stereocenters. The van der Waals surface area contributed by atoms with Crippen LogP contribution in [0.2, 0.25) is 0 Å². The third-order valence-electron chi connectivity index (χ3n) is 3.74. The summed E-state index contributed by atoms with van der Waals surface area (Å²) in [4.78, 5) is 37.4. The Hall–Kier alpha value is -3.52. The Morgan fingerprint density at radius 1 is 1.26 bits per heavy atom. The summed E-state index contributed by atoms with van der Waals surface area (Å²) in [5, 5.41) is 11.5. The number of carbonyl (C=O) groups is 3. The van der Waals surface area contributed by atoms with E-state index < -0.39 is 17.8 Å². The molecule has 136 valence electrons. The number of benzene rings is 1. The van der Waals surface area contributed by atoms with E-state index in [1.807, 2.05) is 0 Å². The Bertz CT molecular complexity index is 1000. The molecule has 1 fully saturated rings. The first-order chi connectivity index (χ1) is 12.9. The van der Waals surface area contributed by atoms with Gasteiger partial charge >= 0.3 is 5.97 Å². The van der Waals surface area contributed by atoms with Crippen LogP contribution in [0.3, 0.4) is 0 Å². The molecule has 8 heteroatoms. The van der Waals surface area contributed by atoms with E-state index in [-0.39, 0.29) is 21.9 Å². The third-order valence-corrected chi connectivity index (χ3v) is 4.02. The molecule has 1 aliphatic rings. The molecule has 0 radical (unpaired) electrons. The summed E-state index contributed by atoms with van der Waals surface area (Å²) in [6.45, 7) is 1.72. The van der Waals surface area contributed by atoms with Crippen LogP contribution in [0.25, 0.3) is 6.08 Å². The van der Waals surface area contributed by atoms with Crippen molar-refractivity contribution in [2.24, 2.45) is 0 Å². The maximum Gasteiger partial charge on any atom is 0.335 e. The molecule has 0 saturated carbocycles. The maximum absolute atomic E-state index is 12.9. The summed E-state index contributed by atoms with van der Waals surface area (Å²) in [7, 11) is 0. The van der Waals surface area contributed by atoms with Crippen LogP contribution >= 0.6 is 12.2 Å². The minimum Gasteiger partial charge on any atom is -0.478 e. The number of carbonyl (C=O) groups excluding carboxylic acids is 2. The van der Waals surface area contributed by atoms with Gasteiger partial charge in [0.1, 0.15) is 11.3 Å². The second kappa shape index (κ2) is 7.38. The summed E-state index contributed by atoms with van der Waals surface area (Å²) >= 11 is 5.10. The van der Waals surface area contributed by atoms with Crippen LogP contribution in [0.15, 0.2) is 64.3 Å². The maximum atomic E-state index is 12.9. The van der Waals surface area contributed by atoms with E-state index in [9.17, 15) is 14.4 Å². The predicted octanol–water partition coefficient (Wildman–Crippen LogP) is 2.76. The molecular weight excluding hydrogens is 368 g/mol. The zero-order valence-electron chi connectivity index (χ0n) is 14.1. The SMILES string of the molecule is CC(=Cc1ccco1)C=C1C(=O)NC(=S)N(c2cccc(C(=O)O)c2)C1=O. The number of furan rings is 1. The molecule has 0 aliphatic carbocycles. The molecule has 0 spiro atoms. The van der Waals surface area contributed by atoms with Crippen molar-refractivity contribution in [3.63, 3.8) is 0 Å². The molecule has 2 aromatic rings. The number of aromatic carboxylic acids is 1. The zero-order valence-corrected chi connectivity index (χ0v) is 14.9. The predicted molar refractivity (Wildman–Crippen MR) is 102 cm³/mol. The summed E-state index contributed by atoms with van der Waals surface area (Å²) in [6, 6.07) is 9.21. The fraction of sp³-hybridized carbons (Fsp3) is 0.0526. The van der Waals surface area contributed by atoms with Gasteiger partial charge in [-0.2, -0.15) is 0 Å². The number of rotatable bonds is 4. The van der Waals surface area contributed by atoms with Gasteiger partial charge in [0.15, 0.2) is 5.11 Å². The van der Waals surface area contributed by atoms with Gasteiger partial charge in [-0.3, -0.25) is 19.8 Å². The Kier molecular flexibility index (Phi) is 5.00. The van der Waals surface area contributed by atoms with Crippen LogP contribution in [0, 0.1) is 0 Å². The van der Waals surface area contributed by atoms with Crippen LogP contribution in [0.5, 0.6) is 0 Å². The zero-order chi connectivity index (χ0) is 19.6. The van der Waals surface area contributed by atoms with E-state index in [1.165, 1.54) is 36.6 Å². The van der Waals surface area contributed by atoms with Crippen molar-refractivity contribution in [1.29, 1.82) is 0 Å². The van der Waals surface area contributed by atoms with Gasteiger partial charge in [-0.15, -0.1) is 0 Å². The van der Waals surface area contributed by atoms with Crippen molar-refractivity contribution >= 4 is 46.9 Å². The molecule has 0 bridgehead atoms. The fourth-order valence-corrected chi connectivity index (χ4v) is 2.82. The molecule has 1 saturated heterocycles. The number of carboxylic acids is 1. The van der Waals surface area contributed by atoms with Gasteiger partial charge in [-0.25, -0.2) is 4.79 Å². The van der Waals surface area contributed by atoms with Gasteiger partial charge < -0.3 is 9.52 Å². The average molecular weight is 382 g/mol. The minimum atomic E-state index is -1.13. The number of carboxylic acid groups (broad SMARTS) is 1. The molecule has 0 unspecified atom stereocenters. The Morgan fingerprint density at radius 2 is 2.04 bits per heavy atom. The van der Waals surface area contributed by atoms with Gasteiger partial charge in [0.2, 0.25) is 0 Å². The van der Waals surface area contributed by atoms with Crippen LogP contribution in [-0.4, -0.2) is 28.0 Å². The fourth-order valence-electron chi connectivity index (χ4n) is 2.54. The van der Waals surface area contributed by atoms with Crippen molar-refractivity contribution in [1.82, 2.24) is 5.32 Å². The van der Waals surface area contributed by atoms with Crippen molar-refractivity contribution in [2.75, 3.05) is 4.90 Å². The Balaban J connectivity index is 1.98. The first-order valence-electron chi connectivity index (χ1n) is 7.83. The van der Waals surface area contributed by atoms with Crippen LogP contribution < -0.4 is 10.2 Å². The number of allylic oxidation sites excluding steroid dienone is 2. The summed E-state index contributed by atoms with van der Waals surface area (Å²) < 4.78 is 5.21. The number of anilines is 1. The molecular formula is C19H14N2O5S. The van der Waals surface area contributed by atoms with Gasteiger partial charge in [0.25, 0.3) is 11.8 Å². The van der Waals surface area contributed by atoms with E-state index in [2.05, 4.69) is 5.32 Å². The second-order valence-corrected chi connectivity index (χ2v) is 6.10. The van der Waals surface area contributed by atoms with Gasteiger partial charge in [0.05, 0.1) is 17.5 Å². The molecule has 1 aromatic carbocycles. The topological polar surface area (TPSA) is 99.8 Å². The molecule has 2 amide bonds. The molecule has 2 heterocycles. The van der Waals surface area contributed by atoms with E-state index >= 15 is 0 Å². The van der Waals surface area contributed by atoms with Crippen LogP contribution in [0.1, 0.15) is 23.0 Å². The standard InChI is InChI=1S/C19H14N2O5S/c1-11(8-14-6-3-7-26-14)9-15-16(22)20-19(27)21(17(15)23)13-5-2-4-12(10-13)18(24)25/h2-10H,1H3,(H,24,25)(H,20,22,27). The average Bonchev–Trinajstić information content (AvgIpc) is 3.11. The van der Waals surface area contributed by atoms with E-state index in [1.54, 1.807) is 25.1 Å². The van der Waals surface area contributed by atoms with E-state index in [4.69, 9.17) is 21.7 Å². The van der Waals surface area contributed by atoms with E-state index in [0.717, 1.165) is 4.90 Å². The van der Waals surface area contributed by atoms with Crippen molar-refractivity contribution in [3.8, 4) is 0 Å². The lowest BCUT2D eigenvalue weighted by Gasteiger charge is -2.29. The summed E-state index contributed by atoms with van der Waals surface area (Å²) in [5.74, 6) is -1.82. The van der Waals surface area contributed by atoms with Gasteiger partial charge in [-0.1, -0.05) is 6.07 Å². The van der Waals surface area contributed by atoms with Crippen molar-refractivity contribution in [2.45, 2.75) is 6.92 Å². The Labute approximate surface area is 159 Å². The number of thiocarbonyl (C=S) groups is 1. The highest BCUT2D eigenvalue weighted by Gasteiger charge is 2.34. The van der Waals surface area contributed by atoms with Crippen LogP contribution in [-0.2, 0) is 9.59 Å². The lowest BCUT2D eigenvalue weighted by molar-refractivity contribution is -0.122. The molecule has 27 heavy (non-hydrogen) atoms. The highest BCUT2D eigenvalue weighted by Crippen LogP contribution is 2.23.